The van der Waals surface area contributed by atoms with Crippen LogP contribution in [0.15, 0.2) is 64.6 Å². The molecule has 0 bridgehead atoms. The monoisotopic (exact) mass is 496 g/mol. The summed E-state index contributed by atoms with van der Waals surface area (Å²) in [7, 11) is 0. The zero-order valence-electron chi connectivity index (χ0n) is 22.0. The molecule has 0 amide bonds. The minimum Gasteiger partial charge on any atom is -0.393 e. The Morgan fingerprint density at radius 2 is 2.00 bits per heavy atom. The molecule has 1 aromatic rings. The van der Waals surface area contributed by atoms with E-state index >= 15 is 0 Å². The number of aliphatic hydroxyl groups excluding tert-OH is 2. The first-order valence-electron chi connectivity index (χ1n) is 13.4. The molecular weight excluding hydrogens is 452 g/mol. The van der Waals surface area contributed by atoms with Crippen LogP contribution in [0.2, 0.25) is 0 Å². The summed E-state index contributed by atoms with van der Waals surface area (Å²) in [6.45, 7) is 12.7. The Balaban J connectivity index is 1.45. The van der Waals surface area contributed by atoms with Gasteiger partial charge in [-0.25, -0.2) is 0 Å². The lowest BCUT2D eigenvalue weighted by Gasteiger charge is -2.44. The van der Waals surface area contributed by atoms with E-state index in [2.05, 4.69) is 50.8 Å². The third-order valence-corrected chi connectivity index (χ3v) is 10.3. The number of rotatable bonds is 6. The van der Waals surface area contributed by atoms with E-state index in [1.165, 1.54) is 30.6 Å². The zero-order valence-corrected chi connectivity index (χ0v) is 22.8. The molecule has 0 spiro atoms. The first-order chi connectivity index (χ1) is 16.5. The van der Waals surface area contributed by atoms with Gasteiger partial charge in [-0.05, 0) is 104 Å². The molecule has 3 aliphatic rings. The van der Waals surface area contributed by atoms with Gasteiger partial charge in [0.1, 0.15) is 0 Å². The second-order valence-corrected chi connectivity index (χ2v) is 13.1. The van der Waals surface area contributed by atoms with Gasteiger partial charge in [0.05, 0.1) is 17.8 Å². The third kappa shape index (κ3) is 5.82. The van der Waals surface area contributed by atoms with Crippen LogP contribution in [-0.4, -0.2) is 33.3 Å². The fourth-order valence-electron chi connectivity index (χ4n) is 6.99. The van der Waals surface area contributed by atoms with Gasteiger partial charge in [0, 0.05) is 17.1 Å². The van der Waals surface area contributed by atoms with Crippen molar-refractivity contribution in [2.45, 2.75) is 95.3 Å². The lowest BCUT2D eigenvalue weighted by atomic mass is 9.61. The molecule has 3 fully saturated rings. The smallest absolute Gasteiger partial charge is 0.0840 e. The molecule has 4 heteroatoms. The van der Waals surface area contributed by atoms with Crippen LogP contribution in [0.4, 0.5) is 0 Å². The van der Waals surface area contributed by atoms with Crippen molar-refractivity contribution in [1.29, 1.82) is 0 Å². The molecule has 3 aliphatic carbocycles. The van der Waals surface area contributed by atoms with Crippen molar-refractivity contribution in [3.05, 3.63) is 65.3 Å². The van der Waals surface area contributed by atoms with E-state index < -0.39 is 17.8 Å². The molecule has 0 unspecified atom stereocenters. The van der Waals surface area contributed by atoms with Gasteiger partial charge in [0.2, 0.25) is 0 Å². The number of benzene rings is 1. The molecule has 35 heavy (non-hydrogen) atoms. The quantitative estimate of drug-likeness (QED) is 0.380. The number of hydrogen-bond donors (Lipinski definition) is 3. The van der Waals surface area contributed by atoms with Gasteiger partial charge < -0.3 is 15.3 Å². The Hall–Kier alpha value is -1.33. The predicted molar refractivity (Wildman–Crippen MR) is 146 cm³/mol. The average molecular weight is 497 g/mol. The second-order valence-electron chi connectivity index (χ2n) is 12.0. The number of thioether (sulfide) groups is 1. The molecular formula is C31H44O3S. The summed E-state index contributed by atoms with van der Waals surface area (Å²) in [6.07, 6.45) is 10.5. The van der Waals surface area contributed by atoms with Crippen molar-refractivity contribution in [3.63, 3.8) is 0 Å². The maximum Gasteiger partial charge on any atom is 0.0840 e. The number of allylic oxidation sites excluding steroid dienone is 3. The molecule has 0 saturated heterocycles. The van der Waals surface area contributed by atoms with Gasteiger partial charge in [-0.1, -0.05) is 50.3 Å². The van der Waals surface area contributed by atoms with Gasteiger partial charge >= 0.3 is 0 Å². The van der Waals surface area contributed by atoms with Crippen LogP contribution in [0.5, 0.6) is 0 Å². The van der Waals surface area contributed by atoms with Crippen LogP contribution in [-0.2, 0) is 5.60 Å². The highest BCUT2D eigenvalue weighted by molar-refractivity contribution is 7.99. The molecule has 4 rings (SSSR count). The standard InChI is InChI=1S/C31H44O3S/c1-20(19-35-26-10-6-9-24(17-26)30(3,4)34)27-13-14-28-22(8-7-15-31(27,28)5)11-12-23-16-25(32)18-29(33)21(23)2/h6,9-12,17,20,25,27-29,32-34H,2,7-8,13-16,18-19H2,1,3-5H3/b22-11+,23-12-/t20-,25+,27+,28-,29-,31+/m0/s1. The number of fused-ring (bicyclic) bond motifs is 1. The normalized spacial score (nSPS) is 34.9. The Kier molecular flexibility index (Phi) is 8.07. The summed E-state index contributed by atoms with van der Waals surface area (Å²) in [6, 6.07) is 8.36. The Bertz CT molecular complexity index is 987. The van der Waals surface area contributed by atoms with Crippen LogP contribution in [0, 0.1) is 23.2 Å². The molecule has 6 atom stereocenters. The van der Waals surface area contributed by atoms with E-state index in [-0.39, 0.29) is 0 Å². The van der Waals surface area contributed by atoms with Crippen LogP contribution < -0.4 is 0 Å². The molecule has 0 heterocycles. The van der Waals surface area contributed by atoms with Crippen molar-refractivity contribution < 1.29 is 15.3 Å². The molecule has 3 nitrogen and oxygen atoms in total. The van der Waals surface area contributed by atoms with Crippen LogP contribution in [0.1, 0.15) is 78.2 Å². The maximum absolute atomic E-state index is 10.4. The van der Waals surface area contributed by atoms with E-state index in [1.807, 2.05) is 31.7 Å². The van der Waals surface area contributed by atoms with E-state index in [0.29, 0.717) is 36.0 Å². The Morgan fingerprint density at radius 3 is 2.74 bits per heavy atom. The highest BCUT2D eigenvalue weighted by atomic mass is 32.2. The fourth-order valence-corrected chi connectivity index (χ4v) is 8.06. The van der Waals surface area contributed by atoms with Gasteiger partial charge in [-0.3, -0.25) is 0 Å². The first kappa shape index (κ1) is 26.7. The summed E-state index contributed by atoms with van der Waals surface area (Å²) in [5.74, 6) is 3.06. The van der Waals surface area contributed by atoms with Crippen molar-refractivity contribution >= 4 is 11.8 Å². The van der Waals surface area contributed by atoms with E-state index in [4.69, 9.17) is 0 Å². The van der Waals surface area contributed by atoms with E-state index in [1.54, 1.807) is 5.57 Å². The second kappa shape index (κ2) is 10.6. The molecule has 192 valence electrons. The molecule has 3 saturated carbocycles. The topological polar surface area (TPSA) is 60.7 Å². The number of aliphatic hydroxyl groups is 3. The largest absolute Gasteiger partial charge is 0.393 e. The zero-order chi connectivity index (χ0) is 25.4. The van der Waals surface area contributed by atoms with E-state index in [0.717, 1.165) is 28.9 Å². The highest BCUT2D eigenvalue weighted by Crippen LogP contribution is 2.59. The molecule has 0 aliphatic heterocycles. The van der Waals surface area contributed by atoms with Crippen LogP contribution in [0.3, 0.4) is 0 Å². The van der Waals surface area contributed by atoms with E-state index in [9.17, 15) is 15.3 Å². The summed E-state index contributed by atoms with van der Waals surface area (Å²) in [4.78, 5) is 1.24. The SMILES string of the molecule is C=C1/C(=C\C=C2/CCC[C@]3(C)[C@@H]([C@@H](C)CSc4cccc(C(C)(C)O)c4)CC[C@@H]23)C[C@@H](O)C[C@@H]1O. The van der Waals surface area contributed by atoms with Gasteiger partial charge in [-0.2, -0.15) is 0 Å². The van der Waals surface area contributed by atoms with Crippen molar-refractivity contribution in [2.24, 2.45) is 23.2 Å². The van der Waals surface area contributed by atoms with Crippen LogP contribution in [0.25, 0.3) is 0 Å². The highest BCUT2D eigenvalue weighted by Gasteiger charge is 2.50. The average Bonchev–Trinajstić information content (AvgIpc) is 3.16. The van der Waals surface area contributed by atoms with Crippen molar-refractivity contribution in [2.75, 3.05) is 5.75 Å². The molecule has 1 aromatic carbocycles. The maximum atomic E-state index is 10.4. The number of hydrogen-bond acceptors (Lipinski definition) is 4. The lowest BCUT2D eigenvalue weighted by Crippen LogP contribution is -2.36. The molecule has 0 radical (unpaired) electrons. The van der Waals surface area contributed by atoms with Gasteiger partial charge in [-0.15, -0.1) is 11.8 Å². The lowest BCUT2D eigenvalue weighted by molar-refractivity contribution is 0.0783. The Labute approximate surface area is 216 Å². The van der Waals surface area contributed by atoms with Crippen molar-refractivity contribution in [3.8, 4) is 0 Å². The van der Waals surface area contributed by atoms with Crippen LogP contribution >= 0.6 is 11.8 Å². The molecule has 3 N–H and O–H groups in total. The van der Waals surface area contributed by atoms with Gasteiger partial charge in [0.15, 0.2) is 0 Å². The first-order valence-corrected chi connectivity index (χ1v) is 14.4. The van der Waals surface area contributed by atoms with Gasteiger partial charge in [0.25, 0.3) is 0 Å². The van der Waals surface area contributed by atoms with Crippen molar-refractivity contribution in [1.82, 2.24) is 0 Å². The molecule has 0 aromatic heterocycles. The minimum atomic E-state index is -0.811. The Morgan fingerprint density at radius 1 is 1.23 bits per heavy atom. The predicted octanol–water partition coefficient (Wildman–Crippen LogP) is 6.78. The summed E-state index contributed by atoms with van der Waals surface area (Å²) < 4.78 is 0. The summed E-state index contributed by atoms with van der Waals surface area (Å²) in [5, 5.41) is 30.7. The minimum absolute atomic E-state index is 0.333. The third-order valence-electron chi connectivity index (χ3n) is 9.04. The fraction of sp³-hybridized carbons (Fsp3) is 0.613. The summed E-state index contributed by atoms with van der Waals surface area (Å²) >= 11 is 1.92. The summed E-state index contributed by atoms with van der Waals surface area (Å²) in [5.41, 5.74) is 3.82.